The highest BCUT2D eigenvalue weighted by Crippen LogP contribution is 2.13. The Bertz CT molecular complexity index is 274. The van der Waals surface area contributed by atoms with Crippen molar-refractivity contribution in [3.8, 4) is 0 Å². The molecule has 0 aliphatic heterocycles. The van der Waals surface area contributed by atoms with Crippen LogP contribution in [-0.2, 0) is 9.53 Å². The average Bonchev–Trinajstić information content (AvgIpc) is 2.32. The van der Waals surface area contributed by atoms with Crippen LogP contribution in [0.2, 0.25) is 0 Å². The van der Waals surface area contributed by atoms with Gasteiger partial charge in [-0.3, -0.25) is 9.69 Å². The molecule has 3 heteroatoms. The van der Waals surface area contributed by atoms with E-state index in [2.05, 4.69) is 33.6 Å². The van der Waals surface area contributed by atoms with E-state index >= 15 is 0 Å². The molecule has 0 saturated carbocycles. The van der Waals surface area contributed by atoms with Crippen molar-refractivity contribution in [1.82, 2.24) is 4.90 Å². The van der Waals surface area contributed by atoms with Gasteiger partial charge in [-0.05, 0) is 12.3 Å². The molecule has 0 radical (unpaired) electrons. The molecular formula is C15H25NO2. The van der Waals surface area contributed by atoms with Gasteiger partial charge < -0.3 is 4.74 Å². The van der Waals surface area contributed by atoms with Crippen LogP contribution in [0.15, 0.2) is 38.0 Å². The molecule has 3 nitrogen and oxygen atoms in total. The standard InChI is InChI=1S/C15H25NO2/c1-6-9-16(10-7-2)14(12-13(4)5)15(17)18-11-8-3/h6-8,13-14H,1-3,9-12H2,4-5H3/t14-/m0/s1. The zero-order valence-electron chi connectivity index (χ0n) is 11.6. The van der Waals surface area contributed by atoms with Crippen molar-refractivity contribution in [2.45, 2.75) is 26.3 Å². The van der Waals surface area contributed by atoms with Gasteiger partial charge in [-0.1, -0.05) is 38.7 Å². The minimum Gasteiger partial charge on any atom is -0.460 e. The summed E-state index contributed by atoms with van der Waals surface area (Å²) in [6, 6.07) is -0.249. The lowest BCUT2D eigenvalue weighted by molar-refractivity contribution is -0.149. The van der Waals surface area contributed by atoms with Crippen LogP contribution < -0.4 is 0 Å². The van der Waals surface area contributed by atoms with E-state index in [1.54, 1.807) is 18.2 Å². The monoisotopic (exact) mass is 251 g/mol. The molecule has 0 aromatic rings. The van der Waals surface area contributed by atoms with E-state index in [-0.39, 0.29) is 18.6 Å². The smallest absolute Gasteiger partial charge is 0.323 e. The summed E-state index contributed by atoms with van der Waals surface area (Å²) in [7, 11) is 0. The molecule has 0 heterocycles. The van der Waals surface area contributed by atoms with Crippen molar-refractivity contribution in [3.05, 3.63) is 38.0 Å². The van der Waals surface area contributed by atoms with Crippen molar-refractivity contribution in [2.24, 2.45) is 5.92 Å². The molecule has 0 fully saturated rings. The lowest BCUT2D eigenvalue weighted by Crippen LogP contribution is -2.43. The number of carbonyl (C=O) groups excluding carboxylic acids is 1. The first-order chi connectivity index (χ1) is 8.56. The number of hydrogen-bond acceptors (Lipinski definition) is 3. The Morgan fingerprint density at radius 3 is 2.11 bits per heavy atom. The van der Waals surface area contributed by atoms with Crippen LogP contribution in [0.4, 0.5) is 0 Å². The lowest BCUT2D eigenvalue weighted by Gasteiger charge is -2.29. The summed E-state index contributed by atoms with van der Waals surface area (Å²) in [5.74, 6) is 0.218. The normalized spacial score (nSPS) is 12.2. The molecule has 18 heavy (non-hydrogen) atoms. The Hall–Kier alpha value is -1.35. The SMILES string of the molecule is C=CCOC(=O)[C@H](CC(C)C)N(CC=C)CC=C. The van der Waals surface area contributed by atoms with Crippen LogP contribution in [0.5, 0.6) is 0 Å². The van der Waals surface area contributed by atoms with Gasteiger partial charge in [0, 0.05) is 13.1 Å². The Balaban J connectivity index is 4.78. The summed E-state index contributed by atoms with van der Waals surface area (Å²) in [5.41, 5.74) is 0. The fraction of sp³-hybridized carbons (Fsp3) is 0.533. The van der Waals surface area contributed by atoms with Crippen LogP contribution in [0, 0.1) is 5.92 Å². The maximum Gasteiger partial charge on any atom is 0.323 e. The molecule has 0 saturated heterocycles. The predicted octanol–water partition coefficient (Wildman–Crippen LogP) is 2.80. The summed E-state index contributed by atoms with van der Waals surface area (Å²) < 4.78 is 5.16. The van der Waals surface area contributed by atoms with Gasteiger partial charge in [0.1, 0.15) is 12.6 Å². The van der Waals surface area contributed by atoms with Crippen molar-refractivity contribution in [1.29, 1.82) is 0 Å². The third-order valence-electron chi connectivity index (χ3n) is 2.48. The summed E-state index contributed by atoms with van der Waals surface area (Å²) in [6.45, 7) is 16.7. The van der Waals surface area contributed by atoms with E-state index in [1.807, 2.05) is 4.90 Å². The highest BCUT2D eigenvalue weighted by Gasteiger charge is 2.26. The highest BCUT2D eigenvalue weighted by molar-refractivity contribution is 5.76. The Labute approximate surface area is 111 Å². The van der Waals surface area contributed by atoms with Crippen molar-refractivity contribution in [2.75, 3.05) is 19.7 Å². The third-order valence-corrected chi connectivity index (χ3v) is 2.48. The Morgan fingerprint density at radius 1 is 1.17 bits per heavy atom. The molecule has 0 unspecified atom stereocenters. The summed E-state index contributed by atoms with van der Waals surface area (Å²) >= 11 is 0. The van der Waals surface area contributed by atoms with Crippen molar-refractivity contribution < 1.29 is 9.53 Å². The van der Waals surface area contributed by atoms with Gasteiger partial charge >= 0.3 is 5.97 Å². The van der Waals surface area contributed by atoms with E-state index in [1.165, 1.54) is 0 Å². The van der Waals surface area contributed by atoms with E-state index < -0.39 is 0 Å². The molecule has 0 bridgehead atoms. The first kappa shape index (κ1) is 16.6. The molecule has 1 atom stereocenters. The molecule has 0 amide bonds. The molecule has 102 valence electrons. The first-order valence-corrected chi connectivity index (χ1v) is 6.30. The van der Waals surface area contributed by atoms with E-state index in [0.717, 1.165) is 6.42 Å². The van der Waals surface area contributed by atoms with Crippen molar-refractivity contribution >= 4 is 5.97 Å². The zero-order chi connectivity index (χ0) is 14.0. The fourth-order valence-electron chi connectivity index (χ4n) is 1.74. The van der Waals surface area contributed by atoms with Crippen LogP contribution in [-0.4, -0.2) is 36.6 Å². The highest BCUT2D eigenvalue weighted by atomic mass is 16.5. The van der Waals surface area contributed by atoms with Gasteiger partial charge in [0.2, 0.25) is 0 Å². The molecule has 0 N–H and O–H groups in total. The lowest BCUT2D eigenvalue weighted by atomic mass is 10.0. The summed E-state index contributed by atoms with van der Waals surface area (Å²) in [6.07, 6.45) is 5.92. The summed E-state index contributed by atoms with van der Waals surface area (Å²) in [4.78, 5) is 14.1. The number of esters is 1. The van der Waals surface area contributed by atoms with Crippen molar-refractivity contribution in [3.63, 3.8) is 0 Å². The van der Waals surface area contributed by atoms with Gasteiger partial charge in [-0.2, -0.15) is 0 Å². The van der Waals surface area contributed by atoms with E-state index in [9.17, 15) is 4.79 Å². The van der Waals surface area contributed by atoms with Gasteiger partial charge in [-0.25, -0.2) is 0 Å². The maximum absolute atomic E-state index is 12.0. The molecule has 0 aliphatic carbocycles. The molecule has 0 aromatic carbocycles. The average molecular weight is 251 g/mol. The second-order valence-corrected chi connectivity index (χ2v) is 4.60. The van der Waals surface area contributed by atoms with E-state index in [0.29, 0.717) is 19.0 Å². The number of rotatable bonds is 10. The third kappa shape index (κ3) is 6.40. The molecule has 0 aromatic heterocycles. The molecule has 0 aliphatic rings. The predicted molar refractivity (Wildman–Crippen MR) is 76.4 cm³/mol. The summed E-state index contributed by atoms with van der Waals surface area (Å²) in [5, 5.41) is 0. The van der Waals surface area contributed by atoms with Gasteiger partial charge in [0.15, 0.2) is 0 Å². The molecule has 0 rings (SSSR count). The number of hydrogen-bond donors (Lipinski definition) is 0. The molecule has 0 spiro atoms. The van der Waals surface area contributed by atoms with Crippen LogP contribution in [0.3, 0.4) is 0 Å². The van der Waals surface area contributed by atoms with Crippen LogP contribution in [0.25, 0.3) is 0 Å². The second-order valence-electron chi connectivity index (χ2n) is 4.60. The minimum atomic E-state index is -0.249. The quantitative estimate of drug-likeness (QED) is 0.442. The number of carbonyl (C=O) groups is 1. The number of nitrogens with zero attached hydrogens (tertiary/aromatic N) is 1. The molecular weight excluding hydrogens is 226 g/mol. The Morgan fingerprint density at radius 2 is 1.72 bits per heavy atom. The maximum atomic E-state index is 12.0. The van der Waals surface area contributed by atoms with Gasteiger partial charge in [-0.15, -0.1) is 13.2 Å². The van der Waals surface area contributed by atoms with Crippen LogP contribution >= 0.6 is 0 Å². The van der Waals surface area contributed by atoms with Crippen LogP contribution in [0.1, 0.15) is 20.3 Å². The number of ether oxygens (including phenoxy) is 1. The fourth-order valence-corrected chi connectivity index (χ4v) is 1.74. The van der Waals surface area contributed by atoms with E-state index in [4.69, 9.17) is 4.74 Å². The largest absolute Gasteiger partial charge is 0.460 e. The topological polar surface area (TPSA) is 29.5 Å². The van der Waals surface area contributed by atoms with Gasteiger partial charge in [0.05, 0.1) is 0 Å². The first-order valence-electron chi connectivity index (χ1n) is 6.30. The Kier molecular flexibility index (Phi) is 8.93. The van der Waals surface area contributed by atoms with Gasteiger partial charge in [0.25, 0.3) is 0 Å². The second kappa shape index (κ2) is 9.66. The zero-order valence-corrected chi connectivity index (χ0v) is 11.6. The minimum absolute atomic E-state index is 0.202.